The molecule has 3 N–H and O–H groups in total. The summed E-state index contributed by atoms with van der Waals surface area (Å²) in [5, 5.41) is 17.9. The van der Waals surface area contributed by atoms with E-state index >= 15 is 0 Å². The maximum absolute atomic E-state index is 12.5. The summed E-state index contributed by atoms with van der Waals surface area (Å²) in [6, 6.07) is 0.350. The van der Waals surface area contributed by atoms with E-state index in [9.17, 15) is 14.4 Å². The summed E-state index contributed by atoms with van der Waals surface area (Å²) in [7, 11) is 6.55. The predicted octanol–water partition coefficient (Wildman–Crippen LogP) is 0.750. The van der Waals surface area contributed by atoms with Gasteiger partial charge in [0.2, 0.25) is 5.91 Å². The fourth-order valence-corrected chi connectivity index (χ4v) is 4.32. The third-order valence-electron chi connectivity index (χ3n) is 5.05. The van der Waals surface area contributed by atoms with Crippen LogP contribution in [0.4, 0.5) is 5.00 Å². The van der Waals surface area contributed by atoms with E-state index in [0.717, 1.165) is 37.3 Å². The molecular weight excluding hydrogens is 458 g/mol. The molecule has 0 saturated carbocycles. The standard InChI is InChI=1S/C18H27N3O5S.C2H2O4/c1-11-14(17(23)25-4)16(27-15(11)18(24)26-5)19-13(22)10-21(3)12-6-8-20(2)9-7-12;3-1(4)2(5)6/h12H,6-10H2,1-5H3,(H,19,22);(H,3,4)(H,5,6). The number of methoxy groups -OCH3 is 2. The van der Waals surface area contributed by atoms with Gasteiger partial charge in [-0.25, -0.2) is 19.2 Å². The number of amides is 1. The lowest BCUT2D eigenvalue weighted by molar-refractivity contribution is -0.159. The van der Waals surface area contributed by atoms with Gasteiger partial charge in [0, 0.05) is 6.04 Å². The molecule has 33 heavy (non-hydrogen) atoms. The number of aliphatic carboxylic acids is 2. The molecule has 1 aromatic rings. The number of thiophene rings is 1. The Balaban J connectivity index is 0.000000801. The number of ether oxygens (including phenoxy) is 2. The number of nitrogens with zero attached hydrogens (tertiary/aromatic N) is 2. The average Bonchev–Trinajstić information content (AvgIpc) is 3.08. The highest BCUT2D eigenvalue weighted by Crippen LogP contribution is 2.34. The van der Waals surface area contributed by atoms with Crippen molar-refractivity contribution in [3.8, 4) is 0 Å². The summed E-state index contributed by atoms with van der Waals surface area (Å²) in [5.41, 5.74) is 0.635. The molecule has 0 aromatic carbocycles. The van der Waals surface area contributed by atoms with Gasteiger partial charge in [0.15, 0.2) is 0 Å². The zero-order chi connectivity index (χ0) is 25.3. The number of rotatable bonds is 6. The second-order valence-electron chi connectivity index (χ2n) is 7.35. The minimum Gasteiger partial charge on any atom is -0.473 e. The van der Waals surface area contributed by atoms with Gasteiger partial charge in [0.05, 0.1) is 26.3 Å². The maximum Gasteiger partial charge on any atom is 0.414 e. The van der Waals surface area contributed by atoms with E-state index in [1.54, 1.807) is 6.92 Å². The van der Waals surface area contributed by atoms with Gasteiger partial charge in [-0.1, -0.05) is 0 Å². The van der Waals surface area contributed by atoms with E-state index < -0.39 is 23.9 Å². The Kier molecular flexibility index (Phi) is 10.9. The van der Waals surface area contributed by atoms with Crippen LogP contribution < -0.4 is 5.32 Å². The summed E-state index contributed by atoms with van der Waals surface area (Å²) in [5.74, 6) is -5.03. The Hall–Kier alpha value is -3.03. The van der Waals surface area contributed by atoms with Gasteiger partial charge in [-0.3, -0.25) is 9.69 Å². The van der Waals surface area contributed by atoms with Gasteiger partial charge in [0.25, 0.3) is 0 Å². The van der Waals surface area contributed by atoms with Gasteiger partial charge < -0.3 is 29.9 Å². The second-order valence-corrected chi connectivity index (χ2v) is 8.37. The molecule has 1 fully saturated rings. The van der Waals surface area contributed by atoms with E-state index in [0.29, 0.717) is 16.6 Å². The zero-order valence-electron chi connectivity index (χ0n) is 19.2. The smallest absolute Gasteiger partial charge is 0.414 e. The van der Waals surface area contributed by atoms with E-state index in [1.165, 1.54) is 14.2 Å². The van der Waals surface area contributed by atoms with Crippen molar-refractivity contribution in [3.63, 3.8) is 0 Å². The zero-order valence-corrected chi connectivity index (χ0v) is 20.0. The van der Waals surface area contributed by atoms with Crippen LogP contribution in [-0.2, 0) is 23.9 Å². The van der Waals surface area contributed by atoms with Crippen LogP contribution in [0, 0.1) is 6.92 Å². The van der Waals surface area contributed by atoms with Gasteiger partial charge in [-0.05, 0) is 52.5 Å². The lowest BCUT2D eigenvalue weighted by atomic mass is 10.0. The SMILES string of the molecule is COC(=O)c1sc(NC(=O)CN(C)C2CCN(C)CC2)c(C(=O)OC)c1C.O=C(O)C(=O)O. The molecule has 1 aromatic heterocycles. The first-order valence-corrected chi connectivity index (χ1v) is 10.7. The van der Waals surface area contributed by atoms with Crippen molar-refractivity contribution in [1.29, 1.82) is 0 Å². The van der Waals surface area contributed by atoms with Gasteiger partial charge in [-0.2, -0.15) is 0 Å². The van der Waals surface area contributed by atoms with Crippen molar-refractivity contribution >= 4 is 46.1 Å². The third-order valence-corrected chi connectivity index (χ3v) is 6.23. The van der Waals surface area contributed by atoms with Crippen LogP contribution in [0.25, 0.3) is 0 Å². The van der Waals surface area contributed by atoms with Crippen molar-refractivity contribution in [3.05, 3.63) is 16.0 Å². The monoisotopic (exact) mass is 487 g/mol. The maximum atomic E-state index is 12.5. The first-order chi connectivity index (χ1) is 15.4. The van der Waals surface area contributed by atoms with E-state index in [2.05, 4.69) is 17.3 Å². The van der Waals surface area contributed by atoms with Crippen LogP contribution in [-0.4, -0.2) is 104 Å². The van der Waals surface area contributed by atoms with Crippen LogP contribution in [0.3, 0.4) is 0 Å². The van der Waals surface area contributed by atoms with Gasteiger partial charge in [-0.15, -0.1) is 11.3 Å². The Labute approximate surface area is 195 Å². The molecule has 0 atom stereocenters. The van der Waals surface area contributed by atoms with Crippen molar-refractivity contribution in [2.45, 2.75) is 25.8 Å². The molecule has 1 amide bonds. The molecule has 0 aliphatic carbocycles. The molecule has 0 bridgehead atoms. The highest BCUT2D eigenvalue weighted by Gasteiger charge is 2.28. The Bertz CT molecular complexity index is 880. The fourth-order valence-electron chi connectivity index (χ4n) is 3.19. The molecule has 2 heterocycles. The number of hydrogen-bond donors (Lipinski definition) is 3. The number of carbonyl (C=O) groups excluding carboxylic acids is 3. The summed E-state index contributed by atoms with van der Waals surface area (Å²) in [6.45, 7) is 3.86. The second kappa shape index (κ2) is 12.9. The highest BCUT2D eigenvalue weighted by molar-refractivity contribution is 7.18. The number of anilines is 1. The average molecular weight is 488 g/mol. The summed E-state index contributed by atoms with van der Waals surface area (Å²) in [6.07, 6.45) is 2.02. The number of hydrogen-bond acceptors (Lipinski definition) is 10. The minimum absolute atomic E-state index is 0.193. The lowest BCUT2D eigenvalue weighted by Gasteiger charge is -2.34. The summed E-state index contributed by atoms with van der Waals surface area (Å²) in [4.78, 5) is 59.4. The molecule has 184 valence electrons. The topological polar surface area (TPSA) is 163 Å². The fraction of sp³-hybridized carbons (Fsp3) is 0.550. The van der Waals surface area contributed by atoms with Crippen molar-refractivity contribution < 1.29 is 43.7 Å². The molecule has 1 saturated heterocycles. The number of carboxylic acids is 2. The van der Waals surface area contributed by atoms with E-state index in [1.807, 2.05) is 11.9 Å². The van der Waals surface area contributed by atoms with E-state index in [-0.39, 0.29) is 22.9 Å². The van der Waals surface area contributed by atoms with Crippen LogP contribution in [0.15, 0.2) is 0 Å². The number of piperidine rings is 1. The Morgan fingerprint density at radius 2 is 1.58 bits per heavy atom. The molecule has 0 radical (unpaired) electrons. The normalized spacial score (nSPS) is 14.1. The first-order valence-electron chi connectivity index (χ1n) is 9.87. The summed E-state index contributed by atoms with van der Waals surface area (Å²) < 4.78 is 9.55. The van der Waals surface area contributed by atoms with Crippen LogP contribution in [0.2, 0.25) is 0 Å². The van der Waals surface area contributed by atoms with Crippen molar-refractivity contribution in [1.82, 2.24) is 9.80 Å². The lowest BCUT2D eigenvalue weighted by Crippen LogP contribution is -2.44. The van der Waals surface area contributed by atoms with Crippen molar-refractivity contribution in [2.24, 2.45) is 0 Å². The number of likely N-dealkylation sites (N-methyl/N-ethyl adjacent to an activating group) is 1. The summed E-state index contributed by atoms with van der Waals surface area (Å²) >= 11 is 1.02. The Morgan fingerprint density at radius 3 is 2.03 bits per heavy atom. The largest absolute Gasteiger partial charge is 0.473 e. The molecular formula is C20H29N3O9S. The van der Waals surface area contributed by atoms with Crippen LogP contribution in [0.1, 0.15) is 38.4 Å². The first kappa shape index (κ1) is 28.0. The predicted molar refractivity (Wildman–Crippen MR) is 119 cm³/mol. The molecule has 0 unspecified atom stereocenters. The third kappa shape index (κ3) is 8.11. The molecule has 1 aliphatic heterocycles. The quantitative estimate of drug-likeness (QED) is 0.383. The number of carboxylic acid groups (broad SMARTS) is 2. The van der Waals surface area contributed by atoms with Crippen LogP contribution >= 0.6 is 11.3 Å². The Morgan fingerprint density at radius 1 is 1.06 bits per heavy atom. The number of likely N-dealkylation sites (tertiary alicyclic amines) is 1. The number of nitrogens with one attached hydrogen (secondary N) is 1. The number of carbonyl (C=O) groups is 5. The highest BCUT2D eigenvalue weighted by atomic mass is 32.1. The van der Waals surface area contributed by atoms with Gasteiger partial charge in [0.1, 0.15) is 9.88 Å². The molecule has 1 aliphatic rings. The van der Waals surface area contributed by atoms with Crippen molar-refractivity contribution in [2.75, 3.05) is 53.3 Å². The van der Waals surface area contributed by atoms with E-state index in [4.69, 9.17) is 29.3 Å². The molecule has 2 rings (SSSR count). The van der Waals surface area contributed by atoms with Crippen LogP contribution in [0.5, 0.6) is 0 Å². The molecule has 12 nitrogen and oxygen atoms in total. The molecule has 0 spiro atoms. The van der Waals surface area contributed by atoms with Gasteiger partial charge >= 0.3 is 23.9 Å². The number of esters is 2. The molecule has 13 heteroatoms. The minimum atomic E-state index is -1.82.